The van der Waals surface area contributed by atoms with Crippen LogP contribution >= 0.6 is 0 Å². The minimum atomic E-state index is -1.26. The number of hydrogen-bond acceptors (Lipinski definition) is 4. The number of aliphatic hydroxyl groups excluding tert-OH is 1. The average molecular weight is 173 g/mol. The molecule has 1 rings (SSSR count). The van der Waals surface area contributed by atoms with E-state index in [1.54, 1.807) is 0 Å². The number of hydrogen-bond donors (Lipinski definition) is 2. The van der Waals surface area contributed by atoms with Crippen LogP contribution in [0.2, 0.25) is 0 Å². The van der Waals surface area contributed by atoms with Crippen LogP contribution in [0, 0.1) is 0 Å². The van der Waals surface area contributed by atoms with Crippen molar-refractivity contribution in [3.8, 4) is 0 Å². The summed E-state index contributed by atoms with van der Waals surface area (Å²) in [6, 6.07) is 0. The third kappa shape index (κ3) is 1.34. The average Bonchev–Trinajstić information content (AvgIpc) is 2.06. The summed E-state index contributed by atoms with van der Waals surface area (Å²) in [5, 5.41) is 11.6. The first-order valence-electron chi connectivity index (χ1n) is 3.43. The van der Waals surface area contributed by atoms with Gasteiger partial charge in [0.2, 0.25) is 11.7 Å². The van der Waals surface area contributed by atoms with E-state index in [9.17, 15) is 9.90 Å². The van der Waals surface area contributed by atoms with Crippen LogP contribution in [0.3, 0.4) is 0 Å². The van der Waals surface area contributed by atoms with E-state index in [-0.39, 0.29) is 5.91 Å². The van der Waals surface area contributed by atoms with Gasteiger partial charge in [0.1, 0.15) is 0 Å². The van der Waals surface area contributed by atoms with E-state index in [4.69, 9.17) is 9.47 Å². The molecule has 12 heavy (non-hydrogen) atoms. The van der Waals surface area contributed by atoms with Gasteiger partial charge in [-0.15, -0.1) is 0 Å². The van der Waals surface area contributed by atoms with E-state index in [1.807, 2.05) is 0 Å². The Hall–Kier alpha value is -0.910. The van der Waals surface area contributed by atoms with Crippen LogP contribution in [0.1, 0.15) is 0 Å². The van der Waals surface area contributed by atoms with Gasteiger partial charge in [-0.1, -0.05) is 0 Å². The van der Waals surface area contributed by atoms with E-state index in [0.717, 1.165) is 0 Å². The fourth-order valence-corrected chi connectivity index (χ4v) is 1.01. The lowest BCUT2D eigenvalue weighted by atomic mass is 10.1. The first-order valence-corrected chi connectivity index (χ1v) is 3.43. The third-order valence-electron chi connectivity index (χ3n) is 1.77. The molecule has 1 atom stereocenters. The standard InChI is InChI=1S/C7H11NO4/c1-11-7(12-2)4-3-5(9)8-6(7)10/h3-4,6,10H,1-2H3,(H,8,9). The lowest BCUT2D eigenvalue weighted by molar-refractivity contribution is -0.235. The fraction of sp³-hybridized carbons (Fsp3) is 0.571. The Morgan fingerprint density at radius 1 is 1.58 bits per heavy atom. The molecule has 0 spiro atoms. The van der Waals surface area contributed by atoms with Crippen molar-refractivity contribution in [2.45, 2.75) is 12.0 Å². The quantitative estimate of drug-likeness (QED) is 0.524. The summed E-state index contributed by atoms with van der Waals surface area (Å²) in [4.78, 5) is 10.7. The maximum atomic E-state index is 10.7. The topological polar surface area (TPSA) is 67.8 Å². The van der Waals surface area contributed by atoms with E-state index < -0.39 is 12.0 Å². The second-order valence-electron chi connectivity index (χ2n) is 2.37. The highest BCUT2D eigenvalue weighted by molar-refractivity contribution is 5.88. The molecule has 0 aromatic heterocycles. The monoisotopic (exact) mass is 173 g/mol. The van der Waals surface area contributed by atoms with Crippen LogP contribution in [-0.2, 0) is 14.3 Å². The van der Waals surface area contributed by atoms with Gasteiger partial charge in [-0.05, 0) is 6.08 Å². The van der Waals surface area contributed by atoms with Crippen molar-refractivity contribution in [2.24, 2.45) is 0 Å². The molecular weight excluding hydrogens is 162 g/mol. The number of aliphatic hydroxyl groups is 1. The van der Waals surface area contributed by atoms with Gasteiger partial charge in [0.15, 0.2) is 6.23 Å². The van der Waals surface area contributed by atoms with Gasteiger partial charge in [0.25, 0.3) is 0 Å². The Labute approximate surface area is 70.0 Å². The zero-order chi connectivity index (χ0) is 9.19. The molecule has 0 saturated carbocycles. The molecule has 0 saturated heterocycles. The third-order valence-corrected chi connectivity index (χ3v) is 1.77. The normalized spacial score (nSPS) is 26.9. The summed E-state index contributed by atoms with van der Waals surface area (Å²) in [5.41, 5.74) is 0. The van der Waals surface area contributed by atoms with E-state index in [1.165, 1.54) is 26.4 Å². The van der Waals surface area contributed by atoms with Crippen LogP contribution in [-0.4, -0.2) is 37.2 Å². The molecule has 1 amide bonds. The number of amides is 1. The molecule has 5 nitrogen and oxygen atoms in total. The smallest absolute Gasteiger partial charge is 0.246 e. The molecule has 0 fully saturated rings. The van der Waals surface area contributed by atoms with Crippen molar-refractivity contribution in [2.75, 3.05) is 14.2 Å². The van der Waals surface area contributed by atoms with Crippen molar-refractivity contribution in [1.82, 2.24) is 5.32 Å². The first kappa shape index (κ1) is 9.18. The summed E-state index contributed by atoms with van der Waals surface area (Å²) in [6.45, 7) is 0. The molecule has 0 aliphatic carbocycles. The molecule has 1 heterocycles. The number of nitrogens with one attached hydrogen (secondary N) is 1. The maximum Gasteiger partial charge on any atom is 0.246 e. The minimum absolute atomic E-state index is 0.368. The number of rotatable bonds is 2. The Morgan fingerprint density at radius 3 is 2.58 bits per heavy atom. The lowest BCUT2D eigenvalue weighted by Gasteiger charge is -2.34. The molecule has 1 aliphatic rings. The van der Waals surface area contributed by atoms with Gasteiger partial charge in [-0.25, -0.2) is 0 Å². The molecule has 0 aromatic carbocycles. The minimum Gasteiger partial charge on any atom is -0.368 e. The molecule has 1 aliphatic heterocycles. The summed E-state index contributed by atoms with van der Waals surface area (Å²) >= 11 is 0. The summed E-state index contributed by atoms with van der Waals surface area (Å²) < 4.78 is 9.83. The lowest BCUT2D eigenvalue weighted by Crippen LogP contribution is -2.56. The van der Waals surface area contributed by atoms with Crippen LogP contribution < -0.4 is 5.32 Å². The molecule has 68 valence electrons. The van der Waals surface area contributed by atoms with Crippen molar-refractivity contribution in [3.05, 3.63) is 12.2 Å². The number of carbonyl (C=O) groups is 1. The first-order chi connectivity index (χ1) is 5.64. The van der Waals surface area contributed by atoms with Gasteiger partial charge in [-0.3, -0.25) is 4.79 Å². The van der Waals surface area contributed by atoms with Gasteiger partial charge < -0.3 is 19.9 Å². The van der Waals surface area contributed by atoms with Crippen LogP contribution in [0.25, 0.3) is 0 Å². The summed E-state index contributed by atoms with van der Waals surface area (Å²) in [5.74, 6) is -1.62. The van der Waals surface area contributed by atoms with Gasteiger partial charge in [0, 0.05) is 20.3 Å². The highest BCUT2D eigenvalue weighted by Gasteiger charge is 2.39. The fourth-order valence-electron chi connectivity index (χ4n) is 1.01. The SMILES string of the molecule is COC1(OC)C=CC(=O)NC1O. The van der Waals surface area contributed by atoms with Crippen LogP contribution in [0.5, 0.6) is 0 Å². The van der Waals surface area contributed by atoms with Crippen molar-refractivity contribution < 1.29 is 19.4 Å². The molecule has 0 bridgehead atoms. The Bertz CT molecular complexity index is 209. The Morgan fingerprint density at radius 2 is 2.17 bits per heavy atom. The zero-order valence-corrected chi connectivity index (χ0v) is 6.90. The van der Waals surface area contributed by atoms with E-state index in [0.29, 0.717) is 0 Å². The second-order valence-corrected chi connectivity index (χ2v) is 2.37. The molecule has 1 unspecified atom stereocenters. The maximum absolute atomic E-state index is 10.7. The number of carbonyl (C=O) groups excluding carboxylic acids is 1. The molecule has 0 radical (unpaired) electrons. The van der Waals surface area contributed by atoms with Gasteiger partial charge in [-0.2, -0.15) is 0 Å². The van der Waals surface area contributed by atoms with Crippen LogP contribution in [0.4, 0.5) is 0 Å². The molecule has 5 heteroatoms. The zero-order valence-electron chi connectivity index (χ0n) is 6.90. The predicted octanol–water partition coefficient (Wildman–Crippen LogP) is -1.02. The highest BCUT2D eigenvalue weighted by atomic mass is 16.7. The van der Waals surface area contributed by atoms with Gasteiger partial charge >= 0.3 is 0 Å². The summed E-state index contributed by atoms with van der Waals surface area (Å²) in [6.07, 6.45) is 1.45. The largest absolute Gasteiger partial charge is 0.368 e. The van der Waals surface area contributed by atoms with Gasteiger partial charge in [0.05, 0.1) is 0 Å². The van der Waals surface area contributed by atoms with Crippen molar-refractivity contribution >= 4 is 5.91 Å². The van der Waals surface area contributed by atoms with Crippen LogP contribution in [0.15, 0.2) is 12.2 Å². The predicted molar refractivity (Wildman–Crippen MR) is 40.0 cm³/mol. The Kier molecular flexibility index (Phi) is 2.46. The number of methoxy groups -OCH3 is 2. The summed E-state index contributed by atoms with van der Waals surface area (Å²) in [7, 11) is 2.77. The van der Waals surface area contributed by atoms with Crippen molar-refractivity contribution in [3.63, 3.8) is 0 Å². The van der Waals surface area contributed by atoms with Crippen molar-refractivity contribution in [1.29, 1.82) is 0 Å². The molecule has 2 N–H and O–H groups in total. The Balaban J connectivity index is 2.88. The molecular formula is C7H11NO4. The van der Waals surface area contributed by atoms with E-state index >= 15 is 0 Å². The molecule has 0 aromatic rings. The van der Waals surface area contributed by atoms with E-state index in [2.05, 4.69) is 5.32 Å². The highest BCUT2D eigenvalue weighted by Crippen LogP contribution is 2.19. The number of ether oxygens (including phenoxy) is 2. The second kappa shape index (κ2) is 3.22.